The fraction of sp³-hybridized carbons (Fsp3) is 0.429. The Bertz CT molecular complexity index is 841. The molecule has 2 fully saturated rings. The minimum absolute atomic E-state index is 0.0759. The van der Waals surface area contributed by atoms with E-state index in [2.05, 4.69) is 24.0 Å². The molecule has 0 N–H and O–H groups in total. The number of methoxy groups -OCH3 is 1. The number of amides is 1. The number of likely N-dealkylation sites (N-methyl/N-ethyl adjacent to an activating group) is 1. The average molecular weight is 401 g/mol. The molecule has 27 heavy (non-hydrogen) atoms. The van der Waals surface area contributed by atoms with Gasteiger partial charge in [-0.15, -0.1) is 0 Å². The Morgan fingerprint density at radius 2 is 2.00 bits per heavy atom. The maximum Gasteiger partial charge on any atom is 0.268 e. The van der Waals surface area contributed by atoms with E-state index in [9.17, 15) is 4.79 Å². The predicted molar refractivity (Wildman–Crippen MR) is 116 cm³/mol. The molecule has 0 spiro atoms. The van der Waals surface area contributed by atoms with E-state index in [1.165, 1.54) is 31.0 Å². The van der Waals surface area contributed by atoms with Gasteiger partial charge < -0.3 is 9.64 Å². The summed E-state index contributed by atoms with van der Waals surface area (Å²) in [5.74, 6) is 0.911. The zero-order chi connectivity index (χ0) is 19.0. The maximum atomic E-state index is 13.3. The fourth-order valence-electron chi connectivity index (χ4n) is 4.15. The smallest absolute Gasteiger partial charge is 0.268 e. The van der Waals surface area contributed by atoms with Gasteiger partial charge >= 0.3 is 0 Å². The van der Waals surface area contributed by atoms with Gasteiger partial charge in [0.2, 0.25) is 0 Å². The van der Waals surface area contributed by atoms with E-state index in [0.717, 1.165) is 47.0 Å². The second-order valence-corrected chi connectivity index (χ2v) is 8.70. The number of nitrogens with zero attached hydrogens (tertiary/aromatic N) is 2. The van der Waals surface area contributed by atoms with Crippen LogP contribution in [0.25, 0.3) is 6.08 Å². The van der Waals surface area contributed by atoms with Crippen LogP contribution in [0.5, 0.6) is 5.75 Å². The van der Waals surface area contributed by atoms with Crippen LogP contribution in [0.3, 0.4) is 0 Å². The van der Waals surface area contributed by atoms with E-state index in [4.69, 9.17) is 17.0 Å². The molecule has 0 atom stereocenters. The van der Waals surface area contributed by atoms with Crippen LogP contribution < -0.4 is 9.64 Å². The third-order valence-electron chi connectivity index (χ3n) is 5.52. The van der Waals surface area contributed by atoms with Crippen LogP contribution in [-0.2, 0) is 4.79 Å². The van der Waals surface area contributed by atoms with Gasteiger partial charge in [0.1, 0.15) is 15.0 Å². The second-order valence-electron chi connectivity index (χ2n) is 7.05. The molecule has 2 aliphatic heterocycles. The van der Waals surface area contributed by atoms with Gasteiger partial charge in [-0.1, -0.05) is 49.3 Å². The number of benzene rings is 1. The number of allylic oxidation sites excluding steroid dienone is 1. The Morgan fingerprint density at radius 3 is 2.70 bits per heavy atom. The van der Waals surface area contributed by atoms with Crippen molar-refractivity contribution in [3.8, 4) is 5.75 Å². The molecule has 6 heteroatoms. The summed E-state index contributed by atoms with van der Waals surface area (Å²) in [4.78, 5) is 18.1. The molecule has 0 radical (unpaired) electrons. The van der Waals surface area contributed by atoms with E-state index in [0.29, 0.717) is 4.32 Å². The topological polar surface area (TPSA) is 32.8 Å². The zero-order valence-corrected chi connectivity index (χ0v) is 17.4. The highest BCUT2D eigenvalue weighted by molar-refractivity contribution is 8.26. The third kappa shape index (κ3) is 3.29. The number of carbonyl (C=O) groups is 1. The molecule has 1 saturated carbocycles. The van der Waals surface area contributed by atoms with Gasteiger partial charge in [0.25, 0.3) is 5.91 Å². The molecule has 0 bridgehead atoms. The summed E-state index contributed by atoms with van der Waals surface area (Å²) in [7, 11) is 1.67. The standard InChI is InChI=1S/C21H24N2O2S2/c1-3-22-17-12-10-16(25-2)13-14(17)9-11-18(22)19-20(24)23(21(26)27-19)15-7-5-4-6-8-15/h9-13,15H,3-8H2,1-2H3. The summed E-state index contributed by atoms with van der Waals surface area (Å²) in [6, 6.07) is 6.32. The fourth-order valence-corrected chi connectivity index (χ4v) is 5.61. The number of thiocarbonyl (C=S) groups is 1. The minimum atomic E-state index is 0.0759. The lowest BCUT2D eigenvalue weighted by Gasteiger charge is -2.31. The molecule has 142 valence electrons. The summed E-state index contributed by atoms with van der Waals surface area (Å²) in [5, 5.41) is 0. The molecule has 3 aliphatic rings. The monoisotopic (exact) mass is 400 g/mol. The van der Waals surface area contributed by atoms with Crippen molar-refractivity contribution in [2.24, 2.45) is 0 Å². The number of hydrogen-bond donors (Lipinski definition) is 0. The number of thioether (sulfide) groups is 1. The second kappa shape index (κ2) is 7.68. The highest BCUT2D eigenvalue weighted by Gasteiger charge is 2.40. The summed E-state index contributed by atoms with van der Waals surface area (Å²) in [6.45, 7) is 2.89. The van der Waals surface area contributed by atoms with E-state index in [1.807, 2.05) is 23.1 Å². The van der Waals surface area contributed by atoms with E-state index in [1.54, 1.807) is 7.11 Å². The molecule has 1 aromatic rings. The van der Waals surface area contributed by atoms with Crippen LogP contribution in [0.1, 0.15) is 44.6 Å². The Balaban J connectivity index is 1.70. The highest BCUT2D eigenvalue weighted by atomic mass is 32.2. The van der Waals surface area contributed by atoms with Gasteiger partial charge in [-0.25, -0.2) is 0 Å². The molecular formula is C21H24N2O2S2. The molecule has 1 aromatic carbocycles. The lowest BCUT2D eigenvalue weighted by Crippen LogP contribution is -2.40. The van der Waals surface area contributed by atoms with Gasteiger partial charge in [-0.2, -0.15) is 0 Å². The molecule has 1 saturated heterocycles. The third-order valence-corrected chi connectivity index (χ3v) is 6.93. The van der Waals surface area contributed by atoms with Gasteiger partial charge in [0, 0.05) is 23.8 Å². The van der Waals surface area contributed by atoms with Crippen molar-refractivity contribution < 1.29 is 9.53 Å². The van der Waals surface area contributed by atoms with Crippen LogP contribution in [-0.4, -0.2) is 34.8 Å². The first kappa shape index (κ1) is 18.6. The number of anilines is 1. The van der Waals surface area contributed by atoms with Crippen LogP contribution in [0.15, 0.2) is 34.9 Å². The predicted octanol–water partition coefficient (Wildman–Crippen LogP) is 4.95. The van der Waals surface area contributed by atoms with Gasteiger partial charge in [0.15, 0.2) is 0 Å². The van der Waals surface area contributed by atoms with E-state index in [-0.39, 0.29) is 11.9 Å². The molecule has 1 amide bonds. The van der Waals surface area contributed by atoms with Crippen LogP contribution in [0, 0.1) is 0 Å². The minimum Gasteiger partial charge on any atom is -0.497 e. The summed E-state index contributed by atoms with van der Waals surface area (Å²) in [5.41, 5.74) is 3.15. The number of rotatable bonds is 3. The zero-order valence-electron chi connectivity index (χ0n) is 15.7. The quantitative estimate of drug-likeness (QED) is 0.529. The van der Waals surface area contributed by atoms with Crippen molar-refractivity contribution in [3.63, 3.8) is 0 Å². The Kier molecular flexibility index (Phi) is 5.28. The summed E-state index contributed by atoms with van der Waals surface area (Å²) < 4.78 is 6.05. The van der Waals surface area contributed by atoms with Crippen molar-refractivity contribution in [1.29, 1.82) is 0 Å². The van der Waals surface area contributed by atoms with Crippen LogP contribution in [0.2, 0.25) is 0 Å². The first-order chi connectivity index (χ1) is 13.1. The number of carbonyl (C=O) groups excluding carboxylic acids is 1. The molecule has 2 heterocycles. The SMILES string of the molecule is CCN1C(=C2SC(=S)N(C3CCCCC3)C2=O)C=Cc2cc(OC)ccc21. The molecule has 0 aromatic heterocycles. The van der Waals surface area contributed by atoms with Crippen LogP contribution >= 0.6 is 24.0 Å². The average Bonchev–Trinajstić information content (AvgIpc) is 3.01. The Labute approximate surface area is 170 Å². The molecule has 0 unspecified atom stereocenters. The number of hydrogen-bond acceptors (Lipinski definition) is 5. The van der Waals surface area contributed by atoms with Crippen molar-refractivity contribution in [1.82, 2.24) is 4.90 Å². The van der Waals surface area contributed by atoms with Crippen molar-refractivity contribution in [2.45, 2.75) is 45.1 Å². The van der Waals surface area contributed by atoms with Crippen molar-refractivity contribution in [3.05, 3.63) is 40.4 Å². The van der Waals surface area contributed by atoms with Crippen molar-refractivity contribution in [2.75, 3.05) is 18.6 Å². The summed E-state index contributed by atoms with van der Waals surface area (Å²) in [6.07, 6.45) is 9.85. The first-order valence-electron chi connectivity index (χ1n) is 9.57. The summed E-state index contributed by atoms with van der Waals surface area (Å²) >= 11 is 7.06. The largest absolute Gasteiger partial charge is 0.497 e. The van der Waals surface area contributed by atoms with Crippen molar-refractivity contribution >= 4 is 46.0 Å². The molecule has 4 rings (SSSR count). The van der Waals surface area contributed by atoms with Gasteiger partial charge in [-0.05, 0) is 44.0 Å². The Hall–Kier alpha value is -1.79. The number of ether oxygens (including phenoxy) is 1. The number of fused-ring (bicyclic) bond motifs is 1. The lowest BCUT2D eigenvalue weighted by molar-refractivity contribution is -0.124. The lowest BCUT2D eigenvalue weighted by atomic mass is 9.94. The van der Waals surface area contributed by atoms with E-state index >= 15 is 0 Å². The molecule has 4 nitrogen and oxygen atoms in total. The van der Waals surface area contributed by atoms with Gasteiger partial charge in [-0.3, -0.25) is 9.69 Å². The Morgan fingerprint density at radius 1 is 1.22 bits per heavy atom. The van der Waals surface area contributed by atoms with E-state index < -0.39 is 0 Å². The first-order valence-corrected chi connectivity index (χ1v) is 10.8. The highest BCUT2D eigenvalue weighted by Crippen LogP contribution is 2.42. The normalized spacial score (nSPS) is 23.2. The molecular weight excluding hydrogens is 376 g/mol. The van der Waals surface area contributed by atoms with Gasteiger partial charge in [0.05, 0.1) is 12.8 Å². The molecule has 1 aliphatic carbocycles. The van der Waals surface area contributed by atoms with Crippen LogP contribution in [0.4, 0.5) is 5.69 Å². The maximum absolute atomic E-state index is 13.3.